The first-order valence-electron chi connectivity index (χ1n) is 4.71. The van der Waals surface area contributed by atoms with Crippen LogP contribution in [-0.4, -0.2) is 14.5 Å². The Balaban J connectivity index is 2.34. The Kier molecular flexibility index (Phi) is 3.38. The van der Waals surface area contributed by atoms with Crippen LogP contribution in [0.1, 0.15) is 15.6 Å². The summed E-state index contributed by atoms with van der Waals surface area (Å²) in [7, 11) is 0. The minimum atomic E-state index is -0.0129. The number of nitrogens with zero attached hydrogens (tertiary/aromatic N) is 3. The number of halogens is 1. The van der Waals surface area contributed by atoms with Crippen molar-refractivity contribution in [1.29, 1.82) is 0 Å². The van der Waals surface area contributed by atoms with Gasteiger partial charge in [-0.25, -0.2) is 9.97 Å². The summed E-state index contributed by atoms with van der Waals surface area (Å²) in [5, 5.41) is 0.945. The lowest BCUT2D eigenvalue weighted by molar-refractivity contribution is 0.724. The third-order valence-corrected chi connectivity index (χ3v) is 4.04. The van der Waals surface area contributed by atoms with Gasteiger partial charge in [0.25, 0.3) is 5.56 Å². The number of aromatic nitrogens is 3. The van der Waals surface area contributed by atoms with Crippen LogP contribution in [0, 0.1) is 17.4 Å². The Hall–Kier alpha value is -0.760. The van der Waals surface area contributed by atoms with Crippen LogP contribution >= 0.6 is 33.9 Å². The first kappa shape index (κ1) is 11.7. The van der Waals surface area contributed by atoms with Gasteiger partial charge in [-0.3, -0.25) is 9.36 Å². The van der Waals surface area contributed by atoms with Crippen molar-refractivity contribution in [2.45, 2.75) is 20.4 Å². The summed E-state index contributed by atoms with van der Waals surface area (Å²) in [6.45, 7) is 4.51. The molecule has 84 valence electrons. The predicted octanol–water partition coefficient (Wildman–Crippen LogP) is 1.97. The van der Waals surface area contributed by atoms with Gasteiger partial charge in [0, 0.05) is 11.1 Å². The third-order valence-electron chi connectivity index (χ3n) is 2.24. The summed E-state index contributed by atoms with van der Waals surface area (Å²) in [4.78, 5) is 21.4. The number of hydrogen-bond donors (Lipinski definition) is 0. The second kappa shape index (κ2) is 4.62. The van der Waals surface area contributed by atoms with Crippen molar-refractivity contribution in [3.8, 4) is 0 Å². The van der Waals surface area contributed by atoms with E-state index < -0.39 is 0 Å². The van der Waals surface area contributed by atoms with E-state index in [1.54, 1.807) is 28.4 Å². The maximum absolute atomic E-state index is 11.8. The van der Waals surface area contributed by atoms with Crippen molar-refractivity contribution in [1.82, 2.24) is 14.5 Å². The van der Waals surface area contributed by atoms with Gasteiger partial charge in [-0.2, -0.15) is 0 Å². The molecular formula is C10H10IN3OS. The zero-order valence-electron chi connectivity index (χ0n) is 8.90. The molecule has 0 aliphatic heterocycles. The van der Waals surface area contributed by atoms with Crippen molar-refractivity contribution >= 4 is 33.9 Å². The summed E-state index contributed by atoms with van der Waals surface area (Å²) < 4.78 is 2.21. The molecule has 0 radical (unpaired) electrons. The summed E-state index contributed by atoms with van der Waals surface area (Å²) >= 11 is 3.61. The summed E-state index contributed by atoms with van der Waals surface area (Å²) in [6.07, 6.45) is 3.12. The fourth-order valence-electron chi connectivity index (χ4n) is 1.29. The Morgan fingerprint density at radius 1 is 1.50 bits per heavy atom. The van der Waals surface area contributed by atoms with Crippen LogP contribution in [0.2, 0.25) is 0 Å². The second-order valence-electron chi connectivity index (χ2n) is 3.42. The monoisotopic (exact) mass is 347 g/mol. The largest absolute Gasteiger partial charge is 0.291 e. The average molecular weight is 347 g/mol. The highest BCUT2D eigenvalue weighted by molar-refractivity contribution is 14.1. The highest BCUT2D eigenvalue weighted by atomic mass is 127. The molecule has 0 unspecified atom stereocenters. The maximum Gasteiger partial charge on any atom is 0.267 e. The van der Waals surface area contributed by atoms with Gasteiger partial charge in [0.2, 0.25) is 0 Å². The van der Waals surface area contributed by atoms with Crippen molar-refractivity contribution in [3.63, 3.8) is 0 Å². The quantitative estimate of drug-likeness (QED) is 0.781. The highest BCUT2D eigenvalue weighted by Crippen LogP contribution is 2.16. The fraction of sp³-hybridized carbons (Fsp3) is 0.300. The van der Waals surface area contributed by atoms with E-state index in [0.29, 0.717) is 10.1 Å². The minimum Gasteiger partial charge on any atom is -0.291 e. The molecular weight excluding hydrogens is 337 g/mol. The second-order valence-corrected chi connectivity index (χ2v) is 5.87. The van der Waals surface area contributed by atoms with E-state index >= 15 is 0 Å². The third kappa shape index (κ3) is 2.32. The van der Waals surface area contributed by atoms with Crippen molar-refractivity contribution in [2.24, 2.45) is 0 Å². The van der Waals surface area contributed by atoms with Crippen molar-refractivity contribution in [3.05, 3.63) is 42.0 Å². The smallest absolute Gasteiger partial charge is 0.267 e. The molecule has 0 aliphatic carbocycles. The summed E-state index contributed by atoms with van der Waals surface area (Å²) in [5.41, 5.74) is 1.02. The molecule has 2 rings (SSSR count). The fourth-order valence-corrected chi connectivity index (χ4v) is 2.69. The van der Waals surface area contributed by atoms with Gasteiger partial charge in [-0.05, 0) is 36.4 Å². The molecule has 0 amide bonds. The summed E-state index contributed by atoms with van der Waals surface area (Å²) in [6, 6.07) is 0. The van der Waals surface area contributed by atoms with Gasteiger partial charge < -0.3 is 0 Å². The average Bonchev–Trinajstić information content (AvgIpc) is 2.54. The number of rotatable bonds is 2. The SMILES string of the molecule is Cc1nc(Cn2cncc(I)c2=O)sc1C. The Labute approximate surface area is 111 Å². The van der Waals surface area contributed by atoms with E-state index in [1.807, 2.05) is 36.4 Å². The van der Waals surface area contributed by atoms with Gasteiger partial charge in [0.05, 0.1) is 22.1 Å². The van der Waals surface area contributed by atoms with E-state index in [2.05, 4.69) is 9.97 Å². The normalized spacial score (nSPS) is 10.7. The van der Waals surface area contributed by atoms with Crippen LogP contribution in [0.15, 0.2) is 17.3 Å². The lowest BCUT2D eigenvalue weighted by Gasteiger charge is -2.01. The molecule has 0 fully saturated rings. The van der Waals surface area contributed by atoms with Crippen molar-refractivity contribution < 1.29 is 0 Å². The maximum atomic E-state index is 11.8. The molecule has 0 N–H and O–H groups in total. The molecule has 0 bridgehead atoms. The molecule has 2 heterocycles. The standard InChI is InChI=1S/C10H10IN3OS/c1-6-7(2)16-9(13-6)4-14-5-12-3-8(11)10(14)15/h3,5H,4H2,1-2H3. The van der Waals surface area contributed by atoms with E-state index in [0.717, 1.165) is 10.7 Å². The van der Waals surface area contributed by atoms with Crippen LogP contribution in [0.4, 0.5) is 0 Å². The van der Waals surface area contributed by atoms with E-state index in [4.69, 9.17) is 0 Å². The van der Waals surface area contributed by atoms with E-state index in [9.17, 15) is 4.79 Å². The van der Waals surface area contributed by atoms with Crippen LogP contribution in [0.3, 0.4) is 0 Å². The van der Waals surface area contributed by atoms with E-state index in [-0.39, 0.29) is 5.56 Å². The van der Waals surface area contributed by atoms with Crippen LogP contribution in [-0.2, 0) is 6.54 Å². The molecule has 0 aromatic carbocycles. The Morgan fingerprint density at radius 2 is 2.25 bits per heavy atom. The van der Waals surface area contributed by atoms with Crippen LogP contribution < -0.4 is 5.56 Å². The zero-order chi connectivity index (χ0) is 11.7. The molecule has 0 aliphatic rings. The molecule has 6 heteroatoms. The Bertz CT molecular complexity index is 556. The number of hydrogen-bond acceptors (Lipinski definition) is 4. The summed E-state index contributed by atoms with van der Waals surface area (Å²) in [5.74, 6) is 0. The lowest BCUT2D eigenvalue weighted by atomic mass is 10.4. The van der Waals surface area contributed by atoms with Crippen molar-refractivity contribution in [2.75, 3.05) is 0 Å². The molecule has 2 aromatic rings. The predicted molar refractivity (Wildman–Crippen MR) is 71.9 cm³/mol. The highest BCUT2D eigenvalue weighted by Gasteiger charge is 2.06. The molecule has 4 nitrogen and oxygen atoms in total. The zero-order valence-corrected chi connectivity index (χ0v) is 11.9. The van der Waals surface area contributed by atoms with E-state index in [1.165, 1.54) is 4.88 Å². The lowest BCUT2D eigenvalue weighted by Crippen LogP contribution is -2.22. The van der Waals surface area contributed by atoms with Gasteiger partial charge in [-0.15, -0.1) is 11.3 Å². The van der Waals surface area contributed by atoms with Crippen LogP contribution in [0.25, 0.3) is 0 Å². The van der Waals surface area contributed by atoms with Gasteiger partial charge in [0.15, 0.2) is 0 Å². The molecule has 2 aromatic heterocycles. The topological polar surface area (TPSA) is 47.8 Å². The van der Waals surface area contributed by atoms with Gasteiger partial charge in [0.1, 0.15) is 5.01 Å². The number of aryl methyl sites for hydroxylation is 2. The molecule has 0 saturated heterocycles. The molecule has 0 saturated carbocycles. The first-order chi connectivity index (χ1) is 7.58. The Morgan fingerprint density at radius 3 is 2.88 bits per heavy atom. The van der Waals surface area contributed by atoms with Gasteiger partial charge in [-0.1, -0.05) is 0 Å². The minimum absolute atomic E-state index is 0.0129. The number of thiazole rings is 1. The molecule has 16 heavy (non-hydrogen) atoms. The molecule has 0 atom stereocenters. The van der Waals surface area contributed by atoms with Gasteiger partial charge >= 0.3 is 0 Å². The first-order valence-corrected chi connectivity index (χ1v) is 6.60. The molecule has 0 spiro atoms. The van der Waals surface area contributed by atoms with Crippen LogP contribution in [0.5, 0.6) is 0 Å².